The maximum Gasteiger partial charge on any atom is 0.119 e. The number of likely N-dealkylation sites (N-methyl/N-ethyl adjacent to an activating group) is 1. The van der Waals surface area contributed by atoms with E-state index >= 15 is 0 Å². The number of nitrogens with one attached hydrogen (secondary N) is 1. The summed E-state index contributed by atoms with van der Waals surface area (Å²) in [5.41, 5.74) is 1.13. The van der Waals surface area contributed by atoms with Gasteiger partial charge in [0.2, 0.25) is 0 Å². The Morgan fingerprint density at radius 2 is 2.10 bits per heavy atom. The van der Waals surface area contributed by atoms with Crippen LogP contribution in [-0.2, 0) is 0 Å². The van der Waals surface area contributed by atoms with E-state index < -0.39 is 0 Å². The van der Waals surface area contributed by atoms with Crippen molar-refractivity contribution in [1.82, 2.24) is 5.32 Å². The number of ether oxygens (including phenoxy) is 1. The van der Waals surface area contributed by atoms with Gasteiger partial charge in [0.25, 0.3) is 0 Å². The van der Waals surface area contributed by atoms with E-state index in [-0.39, 0.29) is 12.1 Å². The lowest BCUT2D eigenvalue weighted by Crippen LogP contribution is -2.50. The van der Waals surface area contributed by atoms with Crippen LogP contribution in [-0.4, -0.2) is 45.0 Å². The minimum atomic E-state index is -0.0687. The van der Waals surface area contributed by atoms with Crippen LogP contribution in [0.2, 0.25) is 0 Å². The van der Waals surface area contributed by atoms with E-state index in [4.69, 9.17) is 4.74 Å². The highest BCUT2D eigenvalue weighted by Crippen LogP contribution is 2.37. The molecule has 0 spiro atoms. The average Bonchev–Trinajstić information content (AvgIpc) is 2.96. The van der Waals surface area contributed by atoms with Crippen molar-refractivity contribution in [3.05, 3.63) is 24.3 Å². The second kappa shape index (κ2) is 7.14. The van der Waals surface area contributed by atoms with Crippen molar-refractivity contribution in [3.63, 3.8) is 0 Å². The van der Waals surface area contributed by atoms with Crippen LogP contribution in [0.1, 0.15) is 25.7 Å². The molecule has 1 aromatic carbocycles. The maximum absolute atomic E-state index is 9.74. The van der Waals surface area contributed by atoms with Crippen molar-refractivity contribution < 1.29 is 9.84 Å². The van der Waals surface area contributed by atoms with Gasteiger partial charge in [-0.05, 0) is 56.5 Å². The summed E-state index contributed by atoms with van der Waals surface area (Å²) in [5.74, 6) is 1.44. The van der Waals surface area contributed by atoms with Crippen molar-refractivity contribution in [1.29, 1.82) is 0 Å². The van der Waals surface area contributed by atoms with Gasteiger partial charge in [-0.3, -0.25) is 0 Å². The molecule has 0 saturated heterocycles. The molecule has 0 radical (unpaired) electrons. The molecule has 1 aliphatic rings. The standard InChI is InChI=1S/C17H28N2O2/c1-18-17(13-20)11-4-5-14(17)10-12-19(2)15-6-8-16(21-3)9-7-15/h6-9,14,18,20H,4-5,10-13H2,1-3H3. The molecule has 0 bridgehead atoms. The Kier molecular flexibility index (Phi) is 5.48. The van der Waals surface area contributed by atoms with Gasteiger partial charge in [0.05, 0.1) is 13.7 Å². The molecule has 4 nitrogen and oxygen atoms in total. The summed E-state index contributed by atoms with van der Waals surface area (Å²) in [6, 6.07) is 8.16. The molecular formula is C17H28N2O2. The third-order valence-corrected chi connectivity index (χ3v) is 5.06. The number of aliphatic hydroxyl groups is 1. The van der Waals surface area contributed by atoms with Crippen LogP contribution in [0.4, 0.5) is 5.69 Å². The number of rotatable bonds is 7. The van der Waals surface area contributed by atoms with E-state index in [1.165, 1.54) is 18.5 Å². The van der Waals surface area contributed by atoms with Gasteiger partial charge in [0.1, 0.15) is 5.75 Å². The lowest BCUT2D eigenvalue weighted by molar-refractivity contribution is 0.128. The van der Waals surface area contributed by atoms with E-state index in [1.54, 1.807) is 7.11 Å². The van der Waals surface area contributed by atoms with Gasteiger partial charge in [0.15, 0.2) is 0 Å². The number of benzene rings is 1. The molecule has 0 aliphatic heterocycles. The summed E-state index contributed by atoms with van der Waals surface area (Å²) in [5, 5.41) is 13.1. The second-order valence-electron chi connectivity index (χ2n) is 6.06. The fourth-order valence-corrected chi connectivity index (χ4v) is 3.50. The highest BCUT2D eigenvalue weighted by atomic mass is 16.5. The van der Waals surface area contributed by atoms with E-state index in [2.05, 4.69) is 29.4 Å². The first-order chi connectivity index (χ1) is 10.1. The normalized spacial score (nSPS) is 25.0. The molecule has 2 rings (SSSR count). The predicted molar refractivity (Wildman–Crippen MR) is 87.1 cm³/mol. The first kappa shape index (κ1) is 16.1. The minimum Gasteiger partial charge on any atom is -0.497 e. The number of aliphatic hydroxyl groups excluding tert-OH is 1. The highest BCUT2D eigenvalue weighted by Gasteiger charge is 2.40. The Balaban J connectivity index is 1.92. The molecule has 21 heavy (non-hydrogen) atoms. The highest BCUT2D eigenvalue weighted by molar-refractivity contribution is 5.48. The first-order valence-corrected chi connectivity index (χ1v) is 7.80. The van der Waals surface area contributed by atoms with Crippen molar-refractivity contribution >= 4 is 5.69 Å². The average molecular weight is 292 g/mol. The van der Waals surface area contributed by atoms with E-state index in [0.29, 0.717) is 5.92 Å². The minimum absolute atomic E-state index is 0.0687. The first-order valence-electron chi connectivity index (χ1n) is 7.80. The topological polar surface area (TPSA) is 44.7 Å². The predicted octanol–water partition coefficient (Wildman–Crippen LogP) is 2.27. The van der Waals surface area contributed by atoms with Gasteiger partial charge < -0.3 is 20.1 Å². The van der Waals surface area contributed by atoms with E-state index in [9.17, 15) is 5.11 Å². The number of nitrogens with zero attached hydrogens (tertiary/aromatic N) is 1. The van der Waals surface area contributed by atoms with Crippen molar-refractivity contribution in [2.24, 2.45) is 5.92 Å². The van der Waals surface area contributed by atoms with Gasteiger partial charge in [-0.25, -0.2) is 0 Å². The molecule has 0 amide bonds. The molecule has 4 heteroatoms. The molecule has 1 saturated carbocycles. The summed E-state index contributed by atoms with van der Waals surface area (Å²) >= 11 is 0. The Hall–Kier alpha value is -1.26. The van der Waals surface area contributed by atoms with Gasteiger partial charge in [0, 0.05) is 24.8 Å². The molecule has 0 aromatic heterocycles. The number of hydrogen-bond donors (Lipinski definition) is 2. The summed E-state index contributed by atoms with van der Waals surface area (Å²) in [7, 11) is 5.78. The van der Waals surface area contributed by atoms with Crippen LogP contribution in [0, 0.1) is 5.92 Å². The van der Waals surface area contributed by atoms with Crippen LogP contribution in [0.5, 0.6) is 5.75 Å². The molecule has 1 aliphatic carbocycles. The van der Waals surface area contributed by atoms with E-state index in [1.807, 2.05) is 19.2 Å². The zero-order chi connectivity index (χ0) is 15.3. The van der Waals surface area contributed by atoms with Gasteiger partial charge in [-0.15, -0.1) is 0 Å². The zero-order valence-electron chi connectivity index (χ0n) is 13.4. The smallest absolute Gasteiger partial charge is 0.119 e. The monoisotopic (exact) mass is 292 g/mol. The lowest BCUT2D eigenvalue weighted by Gasteiger charge is -2.34. The molecule has 1 fully saturated rings. The summed E-state index contributed by atoms with van der Waals surface area (Å²) in [6.07, 6.45) is 4.59. The Morgan fingerprint density at radius 3 is 2.67 bits per heavy atom. The van der Waals surface area contributed by atoms with Crippen LogP contribution in [0.15, 0.2) is 24.3 Å². The Morgan fingerprint density at radius 1 is 1.38 bits per heavy atom. The molecule has 2 N–H and O–H groups in total. The summed E-state index contributed by atoms with van der Waals surface area (Å²) in [6.45, 7) is 1.24. The molecule has 0 heterocycles. The molecule has 1 aromatic rings. The Bertz CT molecular complexity index is 429. The van der Waals surface area contributed by atoms with Crippen LogP contribution < -0.4 is 15.0 Å². The Labute approximate surface area is 128 Å². The molecule has 2 unspecified atom stereocenters. The van der Waals surface area contributed by atoms with Crippen molar-refractivity contribution in [3.8, 4) is 5.75 Å². The largest absolute Gasteiger partial charge is 0.497 e. The fourth-order valence-electron chi connectivity index (χ4n) is 3.50. The summed E-state index contributed by atoms with van der Waals surface area (Å²) < 4.78 is 5.19. The zero-order valence-corrected chi connectivity index (χ0v) is 13.4. The van der Waals surface area contributed by atoms with E-state index in [0.717, 1.165) is 25.1 Å². The molecule has 2 atom stereocenters. The molecular weight excluding hydrogens is 264 g/mol. The SMILES string of the molecule is CNC1(CO)CCCC1CCN(C)c1ccc(OC)cc1. The van der Waals surface area contributed by atoms with Crippen LogP contribution in [0.3, 0.4) is 0 Å². The van der Waals surface area contributed by atoms with Gasteiger partial charge in [-0.2, -0.15) is 0 Å². The third-order valence-electron chi connectivity index (χ3n) is 5.06. The van der Waals surface area contributed by atoms with Gasteiger partial charge >= 0.3 is 0 Å². The van der Waals surface area contributed by atoms with Crippen molar-refractivity contribution in [2.45, 2.75) is 31.2 Å². The third kappa shape index (κ3) is 3.50. The van der Waals surface area contributed by atoms with Crippen LogP contribution in [0.25, 0.3) is 0 Å². The maximum atomic E-state index is 9.74. The number of anilines is 1. The lowest BCUT2D eigenvalue weighted by atomic mass is 9.85. The summed E-state index contributed by atoms with van der Waals surface area (Å²) in [4.78, 5) is 2.27. The number of hydrogen-bond acceptors (Lipinski definition) is 4. The van der Waals surface area contributed by atoms with Gasteiger partial charge in [-0.1, -0.05) is 6.42 Å². The second-order valence-corrected chi connectivity index (χ2v) is 6.06. The molecule has 118 valence electrons. The fraction of sp³-hybridized carbons (Fsp3) is 0.647. The van der Waals surface area contributed by atoms with Crippen molar-refractivity contribution in [2.75, 3.05) is 39.3 Å². The quantitative estimate of drug-likeness (QED) is 0.809. The number of methoxy groups -OCH3 is 1. The van der Waals surface area contributed by atoms with Crippen LogP contribution >= 0.6 is 0 Å².